The molecule has 9 rings (SSSR count). The van der Waals surface area contributed by atoms with Crippen LogP contribution in [0.25, 0.3) is 17.1 Å². The third-order valence-corrected chi connectivity index (χ3v) is 11.6. The molecule has 1 aliphatic carbocycles. The Morgan fingerprint density at radius 1 is 0.913 bits per heavy atom. The van der Waals surface area contributed by atoms with E-state index in [4.69, 9.17) is 18.6 Å². The highest BCUT2D eigenvalue weighted by Gasteiger charge is 2.44. The number of piperidine rings is 1. The molecule has 3 N–H and O–H groups in total. The number of anilines is 2. The van der Waals surface area contributed by atoms with E-state index in [-0.39, 0.29) is 47.8 Å². The summed E-state index contributed by atoms with van der Waals surface area (Å²) in [6.45, 7) is 3.07. The van der Waals surface area contributed by atoms with E-state index in [1.54, 1.807) is 47.4 Å². The van der Waals surface area contributed by atoms with Gasteiger partial charge in [0.2, 0.25) is 17.7 Å². The van der Waals surface area contributed by atoms with E-state index in [1.165, 1.54) is 42.1 Å². The van der Waals surface area contributed by atoms with Gasteiger partial charge in [-0.15, -0.1) is 5.10 Å². The van der Waals surface area contributed by atoms with Gasteiger partial charge >= 0.3 is 0 Å². The number of hydrogen-bond donors (Lipinski definition) is 3. The van der Waals surface area contributed by atoms with Crippen molar-refractivity contribution in [1.29, 1.82) is 0 Å². The number of carbonyl (C=O) groups excluding carboxylic acids is 5. The molecule has 0 spiro atoms. The van der Waals surface area contributed by atoms with Crippen molar-refractivity contribution in [3.63, 3.8) is 0 Å². The van der Waals surface area contributed by atoms with Gasteiger partial charge in [-0.3, -0.25) is 34.2 Å². The third kappa shape index (κ3) is 11.4. The molecule has 6 aromatic rings. The largest absolute Gasteiger partial charge is 0.487 e. The van der Waals surface area contributed by atoms with E-state index in [0.29, 0.717) is 67.4 Å². The molecule has 20 nitrogen and oxygen atoms in total. The Kier molecular flexibility index (Phi) is 14.2. The van der Waals surface area contributed by atoms with Crippen LogP contribution in [0.3, 0.4) is 0 Å². The van der Waals surface area contributed by atoms with E-state index in [0.717, 1.165) is 36.3 Å². The van der Waals surface area contributed by atoms with Crippen molar-refractivity contribution < 1.29 is 51.4 Å². The lowest BCUT2D eigenvalue weighted by atomic mass is 10.0. The fourth-order valence-corrected chi connectivity index (χ4v) is 7.74. The summed E-state index contributed by atoms with van der Waals surface area (Å²) in [5.74, 6) is -1.19. The molecular formula is C47H47F2N11O9. The number of nitrogens with one attached hydrogen (secondary N) is 3. The zero-order valence-corrected chi connectivity index (χ0v) is 37.1. The molecule has 1 atom stereocenters. The van der Waals surface area contributed by atoms with Crippen LogP contribution in [0.2, 0.25) is 0 Å². The highest BCUT2D eigenvalue weighted by Crippen LogP contribution is 2.32. The monoisotopic (exact) mass is 947 g/mol. The maximum absolute atomic E-state index is 14.1. The number of aryl methyl sites for hydroxylation is 1. The average molecular weight is 948 g/mol. The Morgan fingerprint density at radius 3 is 2.52 bits per heavy atom. The molecule has 4 aromatic heterocycles. The Balaban J connectivity index is 0.646. The van der Waals surface area contributed by atoms with Gasteiger partial charge in [-0.25, -0.2) is 28.1 Å². The molecule has 2 aromatic carbocycles. The smallest absolute Gasteiger partial charge is 0.284 e. The van der Waals surface area contributed by atoms with Gasteiger partial charge in [-0.05, 0) is 92.5 Å². The molecule has 3 aliphatic rings. The van der Waals surface area contributed by atoms with Gasteiger partial charge in [0.05, 0.1) is 61.3 Å². The first-order valence-corrected chi connectivity index (χ1v) is 22.5. The summed E-state index contributed by atoms with van der Waals surface area (Å²) >= 11 is 0. The Hall–Kier alpha value is -7.72. The maximum Gasteiger partial charge on any atom is 0.284 e. The number of alkyl halides is 2. The number of fused-ring (bicyclic) bond motifs is 1. The number of nitrogens with zero attached hydrogens (tertiary/aromatic N) is 8. The number of oxazole rings is 1. The van der Waals surface area contributed by atoms with Crippen LogP contribution in [0.1, 0.15) is 93.1 Å². The number of pyridine rings is 1. The summed E-state index contributed by atoms with van der Waals surface area (Å²) in [5, 5.41) is 20.2. The quantitative estimate of drug-likeness (QED) is 0.0526. The van der Waals surface area contributed by atoms with Crippen LogP contribution < -0.4 is 20.7 Å². The van der Waals surface area contributed by atoms with E-state index in [1.807, 2.05) is 12.1 Å². The van der Waals surface area contributed by atoms with Gasteiger partial charge in [0.25, 0.3) is 24.1 Å². The van der Waals surface area contributed by atoms with Gasteiger partial charge < -0.3 is 29.3 Å². The van der Waals surface area contributed by atoms with Crippen LogP contribution in [0.4, 0.5) is 20.3 Å². The van der Waals surface area contributed by atoms with Gasteiger partial charge in [0, 0.05) is 31.3 Å². The number of halogens is 2. The van der Waals surface area contributed by atoms with Crippen LogP contribution in [0, 0.1) is 5.92 Å². The Bertz CT molecular complexity index is 2840. The van der Waals surface area contributed by atoms with Crippen molar-refractivity contribution in [3.8, 4) is 22.9 Å². The molecule has 0 bridgehead atoms. The Morgan fingerprint density at radius 2 is 1.72 bits per heavy atom. The number of carbonyl (C=O) groups is 5. The molecule has 2 aliphatic heterocycles. The molecule has 1 saturated carbocycles. The highest BCUT2D eigenvalue weighted by atomic mass is 19.3. The lowest BCUT2D eigenvalue weighted by Gasteiger charge is -2.27. The Labute approximate surface area is 392 Å². The number of rotatable bonds is 23. The summed E-state index contributed by atoms with van der Waals surface area (Å²) in [7, 11) is 0. The summed E-state index contributed by atoms with van der Waals surface area (Å²) < 4.78 is 53.8. The first-order chi connectivity index (χ1) is 33.6. The lowest BCUT2D eigenvalue weighted by Crippen LogP contribution is -2.54. The normalized spacial score (nSPS) is 15.8. The number of ether oxygens (including phenoxy) is 3. The van der Waals surface area contributed by atoms with Crippen molar-refractivity contribution in [2.75, 3.05) is 43.6 Å². The predicted molar refractivity (Wildman–Crippen MR) is 239 cm³/mol. The zero-order chi connectivity index (χ0) is 47.9. The standard InChI is InChI=1S/C47H47F2N11O9/c48-42(49)41-36(52-43(62)37-27-69-45(53-37)30-14-15-50-39(21-30)51-23-29-4-5-29)25-59(56-41)32-8-6-28(7-9-32)3-1-2-17-66-19-20-67-18-16-58-24-31(55-57-58)26-68-33-10-11-34-35(22-33)47(65)60(46(34)64)38-12-13-40(61)54-44(38)63/h6-11,14-15,21-22,24-25,27,29,38,42H,1-5,12-13,16-20,23,26H2,(H,50,51)(H,52,62)(H,54,61,63). The number of unbranched alkanes of at least 4 members (excludes halogenated alkanes) is 1. The second-order valence-electron chi connectivity index (χ2n) is 16.7. The number of benzene rings is 2. The minimum Gasteiger partial charge on any atom is -0.487 e. The molecule has 6 heterocycles. The van der Waals surface area contributed by atoms with E-state index in [2.05, 4.69) is 41.3 Å². The van der Waals surface area contributed by atoms with Gasteiger partial charge in [-0.1, -0.05) is 17.3 Å². The minimum absolute atomic E-state index is 0.0366. The van der Waals surface area contributed by atoms with Crippen LogP contribution in [0.15, 0.2) is 83.9 Å². The van der Waals surface area contributed by atoms with Gasteiger partial charge in [0.15, 0.2) is 11.4 Å². The van der Waals surface area contributed by atoms with Gasteiger partial charge in [-0.2, -0.15) is 5.10 Å². The number of imide groups is 2. The minimum atomic E-state index is -2.94. The van der Waals surface area contributed by atoms with Crippen molar-refractivity contribution in [3.05, 3.63) is 113 Å². The number of amides is 5. The highest BCUT2D eigenvalue weighted by molar-refractivity contribution is 6.23. The average Bonchev–Trinajstić information content (AvgIpc) is 3.63. The summed E-state index contributed by atoms with van der Waals surface area (Å²) in [6.07, 6.45) is 7.88. The maximum atomic E-state index is 14.1. The first kappa shape index (κ1) is 46.4. The van der Waals surface area contributed by atoms with Crippen LogP contribution >= 0.6 is 0 Å². The fraction of sp³-hybridized carbons (Fsp3) is 0.362. The fourth-order valence-electron chi connectivity index (χ4n) is 7.74. The number of hydrogen-bond acceptors (Lipinski definition) is 15. The molecular weight excluding hydrogens is 901 g/mol. The van der Waals surface area contributed by atoms with Crippen molar-refractivity contribution >= 4 is 41.0 Å². The second kappa shape index (κ2) is 21.1. The van der Waals surface area contributed by atoms with Crippen LogP contribution in [-0.4, -0.2) is 108 Å². The van der Waals surface area contributed by atoms with E-state index >= 15 is 0 Å². The molecule has 0 radical (unpaired) electrons. The van der Waals surface area contributed by atoms with E-state index < -0.39 is 47.7 Å². The molecule has 1 saturated heterocycles. The van der Waals surface area contributed by atoms with Crippen molar-refractivity contribution in [1.82, 2.24) is 45.0 Å². The predicted octanol–water partition coefficient (Wildman–Crippen LogP) is 5.56. The van der Waals surface area contributed by atoms with Crippen molar-refractivity contribution in [2.24, 2.45) is 5.92 Å². The molecule has 22 heteroatoms. The first-order valence-electron chi connectivity index (χ1n) is 22.5. The third-order valence-electron chi connectivity index (χ3n) is 11.6. The number of aromatic nitrogens is 7. The lowest BCUT2D eigenvalue weighted by molar-refractivity contribution is -0.136. The molecule has 1 unspecified atom stereocenters. The molecule has 358 valence electrons. The summed E-state index contributed by atoms with van der Waals surface area (Å²) in [5.41, 5.74) is 2.24. The summed E-state index contributed by atoms with van der Waals surface area (Å²) in [6, 6.07) is 14.3. The molecule has 69 heavy (non-hydrogen) atoms. The van der Waals surface area contributed by atoms with Crippen LogP contribution in [-0.2, 0) is 38.6 Å². The summed E-state index contributed by atoms with van der Waals surface area (Å²) in [4.78, 5) is 72.5. The van der Waals surface area contributed by atoms with Crippen molar-refractivity contribution in [2.45, 2.75) is 70.6 Å². The second-order valence-corrected chi connectivity index (χ2v) is 16.7. The topological polar surface area (TPSA) is 240 Å². The molecule has 5 amide bonds. The molecule has 2 fully saturated rings. The van der Waals surface area contributed by atoms with Gasteiger partial charge in [0.1, 0.15) is 36.2 Å². The SMILES string of the molecule is O=C1CCC(N2C(=O)c3ccc(OCc4cn(CCOCCOCCCCc5ccc(-n6cc(NC(=O)c7coc(-c8ccnc(NCC9CC9)c8)n7)c(C(F)F)n6)cc5)nn4)cc3C2=O)C(=O)N1. The van der Waals surface area contributed by atoms with E-state index in [9.17, 15) is 32.8 Å². The zero-order valence-electron chi connectivity index (χ0n) is 37.1. The van der Waals surface area contributed by atoms with Crippen LogP contribution in [0.5, 0.6) is 5.75 Å².